The van der Waals surface area contributed by atoms with Crippen molar-refractivity contribution in [2.24, 2.45) is 0 Å². The highest BCUT2D eigenvalue weighted by atomic mass is 79.9. The minimum Gasteiger partial charge on any atom is -0.315 e. The van der Waals surface area contributed by atoms with Gasteiger partial charge in [-0.05, 0) is 23.0 Å². The molecule has 5 heteroatoms. The quantitative estimate of drug-likeness (QED) is 0.859. The molecule has 0 saturated carbocycles. The van der Waals surface area contributed by atoms with E-state index in [0.717, 1.165) is 22.2 Å². The monoisotopic (exact) mass is 240 g/mol. The molecule has 2 heterocycles. The van der Waals surface area contributed by atoms with Crippen molar-refractivity contribution < 1.29 is 0 Å². The summed E-state index contributed by atoms with van der Waals surface area (Å²) < 4.78 is 2.69. The van der Waals surface area contributed by atoms with Crippen molar-refractivity contribution in [3.63, 3.8) is 0 Å². The molecule has 0 aliphatic heterocycles. The first kappa shape index (κ1) is 8.65. The number of halogens is 1. The number of aromatic nitrogens is 3. The van der Waals surface area contributed by atoms with Crippen LogP contribution in [0.1, 0.15) is 5.56 Å². The molecular weight excluding hydrogens is 232 g/mol. The summed E-state index contributed by atoms with van der Waals surface area (Å²) >= 11 is 3.34. The average molecular weight is 241 g/mol. The molecule has 0 unspecified atom stereocenters. The van der Waals surface area contributed by atoms with Crippen LogP contribution in [-0.4, -0.2) is 21.6 Å². The first-order valence-electron chi connectivity index (χ1n) is 3.93. The standard InChI is InChI=1S/C8H9BrN4/c1-10-2-6-3-12-13-5-7(9)4-11-8(6)13/h3-5,10H,2H2,1H3. The normalized spacial score (nSPS) is 10.9. The second kappa shape index (κ2) is 3.43. The maximum absolute atomic E-state index is 4.27. The van der Waals surface area contributed by atoms with Gasteiger partial charge in [0.1, 0.15) is 0 Å². The zero-order valence-corrected chi connectivity index (χ0v) is 8.74. The summed E-state index contributed by atoms with van der Waals surface area (Å²) in [5.74, 6) is 0. The van der Waals surface area contributed by atoms with Crippen molar-refractivity contribution in [2.75, 3.05) is 7.05 Å². The van der Waals surface area contributed by atoms with Gasteiger partial charge in [0, 0.05) is 24.5 Å². The highest BCUT2D eigenvalue weighted by Gasteiger charge is 2.03. The molecule has 0 spiro atoms. The van der Waals surface area contributed by atoms with Gasteiger partial charge in [0.25, 0.3) is 0 Å². The van der Waals surface area contributed by atoms with E-state index in [0.29, 0.717) is 0 Å². The molecule has 0 bridgehead atoms. The van der Waals surface area contributed by atoms with Crippen molar-refractivity contribution >= 4 is 21.6 Å². The Hall–Kier alpha value is -0.940. The van der Waals surface area contributed by atoms with Crippen molar-refractivity contribution in [1.29, 1.82) is 0 Å². The van der Waals surface area contributed by atoms with Gasteiger partial charge in [-0.15, -0.1) is 0 Å². The summed E-state index contributed by atoms with van der Waals surface area (Å²) in [6, 6.07) is 0. The van der Waals surface area contributed by atoms with E-state index >= 15 is 0 Å². The van der Waals surface area contributed by atoms with Crippen LogP contribution in [0.4, 0.5) is 0 Å². The summed E-state index contributed by atoms with van der Waals surface area (Å²) in [6.07, 6.45) is 5.49. The van der Waals surface area contributed by atoms with Gasteiger partial charge >= 0.3 is 0 Å². The number of rotatable bonds is 2. The van der Waals surface area contributed by atoms with Crippen LogP contribution < -0.4 is 5.32 Å². The van der Waals surface area contributed by atoms with E-state index in [2.05, 4.69) is 31.3 Å². The van der Waals surface area contributed by atoms with E-state index in [1.807, 2.05) is 19.4 Å². The Morgan fingerprint density at radius 2 is 2.38 bits per heavy atom. The Bertz CT molecular complexity index is 423. The van der Waals surface area contributed by atoms with Crippen LogP contribution in [0.2, 0.25) is 0 Å². The van der Waals surface area contributed by atoms with Crippen LogP contribution in [0.15, 0.2) is 23.1 Å². The van der Waals surface area contributed by atoms with E-state index < -0.39 is 0 Å². The molecular formula is C8H9BrN4. The lowest BCUT2D eigenvalue weighted by molar-refractivity contribution is 0.821. The van der Waals surface area contributed by atoms with Crippen LogP contribution in [0.5, 0.6) is 0 Å². The summed E-state index contributed by atoms with van der Waals surface area (Å²) in [4.78, 5) is 4.27. The third-order valence-corrected chi connectivity index (χ3v) is 2.17. The van der Waals surface area contributed by atoms with Crippen LogP contribution >= 0.6 is 15.9 Å². The minimum atomic E-state index is 0.790. The molecule has 0 aliphatic carbocycles. The Morgan fingerprint density at radius 1 is 1.54 bits per heavy atom. The molecule has 0 aliphatic rings. The van der Waals surface area contributed by atoms with E-state index in [-0.39, 0.29) is 0 Å². The topological polar surface area (TPSA) is 42.2 Å². The minimum absolute atomic E-state index is 0.790. The van der Waals surface area contributed by atoms with Crippen LogP contribution in [-0.2, 0) is 6.54 Å². The Kier molecular flexibility index (Phi) is 2.28. The summed E-state index contributed by atoms with van der Waals surface area (Å²) in [5, 5.41) is 7.25. The molecule has 13 heavy (non-hydrogen) atoms. The van der Waals surface area contributed by atoms with Gasteiger partial charge < -0.3 is 5.32 Å². The fourth-order valence-electron chi connectivity index (χ4n) is 1.22. The lowest BCUT2D eigenvalue weighted by Crippen LogP contribution is -2.04. The van der Waals surface area contributed by atoms with Crippen LogP contribution in [0.25, 0.3) is 5.65 Å². The lowest BCUT2D eigenvalue weighted by Gasteiger charge is -1.96. The summed E-state index contributed by atoms with van der Waals surface area (Å²) in [7, 11) is 1.91. The fourth-order valence-corrected chi connectivity index (χ4v) is 1.51. The SMILES string of the molecule is CNCc1cnn2cc(Br)cnc12. The predicted molar refractivity (Wildman–Crippen MR) is 53.5 cm³/mol. The molecule has 68 valence electrons. The van der Waals surface area contributed by atoms with Crippen molar-refractivity contribution in [1.82, 2.24) is 19.9 Å². The molecule has 2 aromatic rings. The van der Waals surface area contributed by atoms with E-state index in [1.165, 1.54) is 0 Å². The highest BCUT2D eigenvalue weighted by molar-refractivity contribution is 9.10. The number of hydrogen-bond donors (Lipinski definition) is 1. The number of fused-ring (bicyclic) bond motifs is 1. The van der Waals surface area contributed by atoms with Crippen LogP contribution in [0, 0.1) is 0 Å². The Balaban J connectivity index is 2.55. The van der Waals surface area contributed by atoms with E-state index in [1.54, 1.807) is 10.7 Å². The fraction of sp³-hybridized carbons (Fsp3) is 0.250. The largest absolute Gasteiger partial charge is 0.315 e. The summed E-state index contributed by atoms with van der Waals surface area (Å²) in [6.45, 7) is 0.790. The molecule has 2 aromatic heterocycles. The van der Waals surface area contributed by atoms with Crippen LogP contribution in [0.3, 0.4) is 0 Å². The molecule has 1 N–H and O–H groups in total. The molecule has 0 aromatic carbocycles. The van der Waals surface area contributed by atoms with E-state index in [4.69, 9.17) is 0 Å². The average Bonchev–Trinajstić information content (AvgIpc) is 2.49. The molecule has 2 rings (SSSR count). The molecule has 0 atom stereocenters. The molecule has 0 fully saturated rings. The van der Waals surface area contributed by atoms with Crippen molar-refractivity contribution in [3.8, 4) is 0 Å². The molecule has 0 amide bonds. The van der Waals surface area contributed by atoms with Gasteiger partial charge in [0.15, 0.2) is 5.65 Å². The Labute approximate surface area is 84.1 Å². The zero-order chi connectivity index (χ0) is 9.26. The second-order valence-electron chi connectivity index (χ2n) is 2.74. The number of hydrogen-bond acceptors (Lipinski definition) is 3. The van der Waals surface area contributed by atoms with Gasteiger partial charge in [-0.1, -0.05) is 0 Å². The third-order valence-electron chi connectivity index (χ3n) is 1.77. The molecule has 0 radical (unpaired) electrons. The maximum atomic E-state index is 4.27. The second-order valence-corrected chi connectivity index (χ2v) is 3.66. The van der Waals surface area contributed by atoms with Gasteiger partial charge in [-0.3, -0.25) is 0 Å². The van der Waals surface area contributed by atoms with Gasteiger partial charge in [-0.25, -0.2) is 9.50 Å². The number of nitrogens with one attached hydrogen (secondary N) is 1. The van der Waals surface area contributed by atoms with Crippen molar-refractivity contribution in [2.45, 2.75) is 6.54 Å². The molecule has 0 saturated heterocycles. The number of nitrogens with zero attached hydrogens (tertiary/aromatic N) is 3. The van der Waals surface area contributed by atoms with Gasteiger partial charge in [0.2, 0.25) is 0 Å². The lowest BCUT2D eigenvalue weighted by atomic mass is 10.3. The van der Waals surface area contributed by atoms with Gasteiger partial charge in [-0.2, -0.15) is 5.10 Å². The summed E-state index contributed by atoms with van der Waals surface area (Å²) in [5.41, 5.74) is 2.01. The smallest absolute Gasteiger partial charge is 0.159 e. The predicted octanol–water partition coefficient (Wildman–Crippen LogP) is 1.21. The molecule has 4 nitrogen and oxygen atoms in total. The van der Waals surface area contributed by atoms with E-state index in [9.17, 15) is 0 Å². The zero-order valence-electron chi connectivity index (χ0n) is 7.16. The third kappa shape index (κ3) is 1.57. The first-order chi connectivity index (χ1) is 6.31. The Morgan fingerprint density at radius 3 is 3.15 bits per heavy atom. The first-order valence-corrected chi connectivity index (χ1v) is 4.73. The highest BCUT2D eigenvalue weighted by Crippen LogP contribution is 2.11. The van der Waals surface area contributed by atoms with Crippen molar-refractivity contribution in [3.05, 3.63) is 28.6 Å². The van der Waals surface area contributed by atoms with Gasteiger partial charge in [0.05, 0.1) is 10.7 Å². The maximum Gasteiger partial charge on any atom is 0.159 e.